The number of halogens is 1. The summed E-state index contributed by atoms with van der Waals surface area (Å²) < 4.78 is 27.6. The number of aromatic nitrogens is 1. The third-order valence-electron chi connectivity index (χ3n) is 4.36. The molecular weight excluding hydrogens is 395 g/mol. The van der Waals surface area contributed by atoms with Crippen LogP contribution in [0.15, 0.2) is 62.7 Å². The normalized spacial score (nSPS) is 12.1. The second-order valence-electron chi connectivity index (χ2n) is 6.21. The number of nitrogens with zero attached hydrogens (tertiary/aromatic N) is 2. The lowest BCUT2D eigenvalue weighted by molar-refractivity contribution is 0.0971. The molecule has 0 saturated heterocycles. The molecule has 4 rings (SSSR count). The molecule has 0 fully saturated rings. The lowest BCUT2D eigenvalue weighted by Crippen LogP contribution is -2.20. The zero-order chi connectivity index (χ0) is 20.4. The molecule has 0 spiro atoms. The molecule has 0 atom stereocenters. The van der Waals surface area contributed by atoms with E-state index in [9.17, 15) is 14.0 Å². The monoisotopic (exact) mass is 412 g/mol. The average molecular weight is 412 g/mol. The molecule has 0 saturated carbocycles. The predicted octanol–water partition coefficient (Wildman–Crippen LogP) is 3.73. The third-order valence-corrected chi connectivity index (χ3v) is 5.40. The first-order valence-corrected chi connectivity index (χ1v) is 9.87. The Morgan fingerprint density at radius 2 is 2.07 bits per heavy atom. The van der Waals surface area contributed by atoms with E-state index in [4.69, 9.17) is 9.15 Å². The van der Waals surface area contributed by atoms with Gasteiger partial charge in [-0.05, 0) is 31.2 Å². The first kappa shape index (κ1) is 19.2. The molecule has 0 radical (unpaired) electrons. The standard InChI is InChI=1S/C21H17FN2O4S/c1-2-27-11-10-24-19-14(22)7-5-9-18(19)29-21(24)23-20(26)17-12-15(25)13-6-3-4-8-16(13)28-17/h3-9,12H,2,10-11H2,1H3. The van der Waals surface area contributed by atoms with Crippen LogP contribution in [0.4, 0.5) is 4.39 Å². The van der Waals surface area contributed by atoms with E-state index in [0.717, 1.165) is 6.07 Å². The van der Waals surface area contributed by atoms with Gasteiger partial charge in [0, 0.05) is 19.2 Å². The van der Waals surface area contributed by atoms with Crippen molar-refractivity contribution in [2.24, 2.45) is 4.99 Å². The molecule has 0 N–H and O–H groups in total. The third kappa shape index (κ3) is 3.76. The van der Waals surface area contributed by atoms with Gasteiger partial charge >= 0.3 is 5.91 Å². The van der Waals surface area contributed by atoms with Gasteiger partial charge in [0.25, 0.3) is 0 Å². The number of hydrogen-bond acceptors (Lipinski definition) is 5. The van der Waals surface area contributed by atoms with Crippen LogP contribution in [0, 0.1) is 5.82 Å². The molecule has 2 aromatic carbocycles. The summed E-state index contributed by atoms with van der Waals surface area (Å²) in [7, 11) is 0. The Morgan fingerprint density at radius 1 is 1.24 bits per heavy atom. The first-order valence-electron chi connectivity index (χ1n) is 9.06. The Hall–Kier alpha value is -3.10. The van der Waals surface area contributed by atoms with Crippen molar-refractivity contribution in [2.75, 3.05) is 13.2 Å². The highest BCUT2D eigenvalue weighted by Gasteiger charge is 2.15. The number of benzene rings is 2. The van der Waals surface area contributed by atoms with E-state index in [1.807, 2.05) is 6.92 Å². The van der Waals surface area contributed by atoms with Crippen molar-refractivity contribution in [1.82, 2.24) is 4.57 Å². The van der Waals surface area contributed by atoms with Crippen LogP contribution in [0.3, 0.4) is 0 Å². The van der Waals surface area contributed by atoms with Crippen molar-refractivity contribution in [1.29, 1.82) is 0 Å². The van der Waals surface area contributed by atoms with E-state index in [1.165, 1.54) is 17.4 Å². The maximum Gasteiger partial charge on any atom is 0.315 e. The van der Waals surface area contributed by atoms with Gasteiger partial charge in [0.1, 0.15) is 11.4 Å². The van der Waals surface area contributed by atoms with Gasteiger partial charge in [0.2, 0.25) is 0 Å². The van der Waals surface area contributed by atoms with E-state index < -0.39 is 11.7 Å². The van der Waals surface area contributed by atoms with Crippen LogP contribution < -0.4 is 10.2 Å². The summed E-state index contributed by atoms with van der Waals surface area (Å²) in [5, 5.41) is 0.389. The maximum atomic E-state index is 14.4. The number of carbonyl (C=O) groups is 1. The molecule has 0 bridgehead atoms. The van der Waals surface area contributed by atoms with Crippen molar-refractivity contribution in [3.8, 4) is 0 Å². The van der Waals surface area contributed by atoms with Gasteiger partial charge < -0.3 is 13.7 Å². The Balaban J connectivity index is 1.83. The van der Waals surface area contributed by atoms with Crippen LogP contribution in [0.5, 0.6) is 0 Å². The Morgan fingerprint density at radius 3 is 2.90 bits per heavy atom. The van der Waals surface area contributed by atoms with Crippen LogP contribution in [-0.2, 0) is 11.3 Å². The molecule has 0 aliphatic carbocycles. The van der Waals surface area contributed by atoms with Gasteiger partial charge in [-0.1, -0.05) is 29.5 Å². The predicted molar refractivity (Wildman–Crippen MR) is 109 cm³/mol. The fourth-order valence-corrected chi connectivity index (χ4v) is 4.10. The molecule has 1 amide bonds. The lowest BCUT2D eigenvalue weighted by Gasteiger charge is -2.06. The van der Waals surface area contributed by atoms with E-state index in [-0.39, 0.29) is 11.2 Å². The highest BCUT2D eigenvalue weighted by molar-refractivity contribution is 7.16. The highest BCUT2D eigenvalue weighted by atomic mass is 32.1. The molecule has 29 heavy (non-hydrogen) atoms. The SMILES string of the molecule is CCOCCn1c(=NC(=O)c2cc(=O)c3ccccc3o2)sc2cccc(F)c21. The summed E-state index contributed by atoms with van der Waals surface area (Å²) in [5.74, 6) is -1.27. The minimum absolute atomic E-state index is 0.164. The topological polar surface area (TPSA) is 73.8 Å². The maximum absolute atomic E-state index is 14.4. The zero-order valence-corrected chi connectivity index (χ0v) is 16.4. The number of fused-ring (bicyclic) bond motifs is 2. The van der Waals surface area contributed by atoms with E-state index in [1.54, 1.807) is 41.0 Å². The number of amides is 1. The van der Waals surface area contributed by atoms with Crippen LogP contribution >= 0.6 is 11.3 Å². The number of rotatable bonds is 5. The smallest absolute Gasteiger partial charge is 0.315 e. The summed E-state index contributed by atoms with van der Waals surface area (Å²) >= 11 is 1.19. The summed E-state index contributed by atoms with van der Waals surface area (Å²) in [5.41, 5.74) is 0.353. The average Bonchev–Trinajstić information content (AvgIpc) is 3.06. The van der Waals surface area contributed by atoms with Crippen LogP contribution in [-0.4, -0.2) is 23.7 Å². The van der Waals surface area contributed by atoms with Crippen molar-refractivity contribution >= 4 is 38.4 Å². The van der Waals surface area contributed by atoms with Crippen molar-refractivity contribution < 1.29 is 18.3 Å². The van der Waals surface area contributed by atoms with E-state index in [0.29, 0.717) is 45.7 Å². The molecule has 2 heterocycles. The quantitative estimate of drug-likeness (QED) is 0.468. The minimum Gasteiger partial charge on any atom is -0.451 e. The number of hydrogen-bond donors (Lipinski definition) is 0. The minimum atomic E-state index is -0.704. The Kier molecular flexibility index (Phi) is 5.37. The fourth-order valence-electron chi connectivity index (χ4n) is 3.03. The van der Waals surface area contributed by atoms with Crippen LogP contribution in [0.1, 0.15) is 17.5 Å². The van der Waals surface area contributed by atoms with Crippen LogP contribution in [0.2, 0.25) is 0 Å². The lowest BCUT2D eigenvalue weighted by atomic mass is 10.2. The van der Waals surface area contributed by atoms with Gasteiger partial charge in [-0.15, -0.1) is 0 Å². The fraction of sp³-hybridized carbons (Fsp3) is 0.190. The molecule has 0 aliphatic heterocycles. The molecule has 0 aliphatic rings. The van der Waals surface area contributed by atoms with Gasteiger partial charge in [0.15, 0.2) is 16.0 Å². The molecular formula is C21H17FN2O4S. The van der Waals surface area contributed by atoms with E-state index in [2.05, 4.69) is 4.99 Å². The van der Waals surface area contributed by atoms with Gasteiger partial charge in [0.05, 0.1) is 22.2 Å². The van der Waals surface area contributed by atoms with Crippen molar-refractivity contribution in [3.63, 3.8) is 0 Å². The highest BCUT2D eigenvalue weighted by Crippen LogP contribution is 2.20. The largest absolute Gasteiger partial charge is 0.451 e. The summed E-state index contributed by atoms with van der Waals surface area (Å²) in [6.07, 6.45) is 0. The molecule has 148 valence electrons. The molecule has 8 heteroatoms. The van der Waals surface area contributed by atoms with E-state index >= 15 is 0 Å². The second kappa shape index (κ2) is 8.10. The molecule has 4 aromatic rings. The Bertz CT molecular complexity index is 1340. The summed E-state index contributed by atoms with van der Waals surface area (Å²) in [6.45, 7) is 3.08. The number of thiazole rings is 1. The summed E-state index contributed by atoms with van der Waals surface area (Å²) in [6, 6.07) is 12.5. The second-order valence-corrected chi connectivity index (χ2v) is 7.22. The number of ether oxygens (including phenoxy) is 1. The summed E-state index contributed by atoms with van der Waals surface area (Å²) in [4.78, 5) is 29.4. The number of carbonyl (C=O) groups excluding carboxylic acids is 1. The molecule has 2 aromatic heterocycles. The molecule has 0 unspecified atom stereocenters. The van der Waals surface area contributed by atoms with Crippen LogP contribution in [0.25, 0.3) is 21.2 Å². The molecule has 6 nitrogen and oxygen atoms in total. The first-order chi connectivity index (χ1) is 14.1. The van der Waals surface area contributed by atoms with Gasteiger partial charge in [-0.3, -0.25) is 9.59 Å². The zero-order valence-electron chi connectivity index (χ0n) is 15.6. The van der Waals surface area contributed by atoms with Crippen molar-refractivity contribution in [3.05, 3.63) is 75.1 Å². The van der Waals surface area contributed by atoms with Gasteiger partial charge in [-0.25, -0.2) is 4.39 Å². The van der Waals surface area contributed by atoms with Crippen molar-refractivity contribution in [2.45, 2.75) is 13.5 Å². The Labute approximate surface area is 168 Å². The van der Waals surface area contributed by atoms with Gasteiger partial charge in [-0.2, -0.15) is 4.99 Å². The number of para-hydroxylation sites is 2.